The summed E-state index contributed by atoms with van der Waals surface area (Å²) < 4.78 is 27.0. The van der Waals surface area contributed by atoms with Gasteiger partial charge in [0.2, 0.25) is 15.9 Å². The fraction of sp³-hybridized carbons (Fsp3) is 0.316. The number of sulfonamides is 1. The Morgan fingerprint density at radius 3 is 2.16 bits per heavy atom. The van der Waals surface area contributed by atoms with Gasteiger partial charge in [-0.25, -0.2) is 13.1 Å². The van der Waals surface area contributed by atoms with Gasteiger partial charge in [0.25, 0.3) is 0 Å². The average Bonchev–Trinajstić information content (AvgIpc) is 2.55. The van der Waals surface area contributed by atoms with Gasteiger partial charge in [0.1, 0.15) is 0 Å². The molecule has 25 heavy (non-hydrogen) atoms. The third kappa shape index (κ3) is 5.14. The molecule has 2 aromatic carbocycles. The van der Waals surface area contributed by atoms with E-state index in [1.807, 2.05) is 25.1 Å². The number of nitrogens with one attached hydrogen (secondary N) is 2. The number of carbonyl (C=O) groups is 1. The van der Waals surface area contributed by atoms with Gasteiger partial charge in [-0.15, -0.1) is 0 Å². The smallest absolute Gasteiger partial charge is 0.241 e. The van der Waals surface area contributed by atoms with Crippen molar-refractivity contribution in [2.24, 2.45) is 0 Å². The van der Waals surface area contributed by atoms with Crippen LogP contribution in [-0.2, 0) is 20.2 Å². The molecular weight excluding hydrogens is 336 g/mol. The van der Waals surface area contributed by atoms with Crippen molar-refractivity contribution in [3.63, 3.8) is 0 Å². The number of benzene rings is 2. The van der Waals surface area contributed by atoms with Crippen molar-refractivity contribution < 1.29 is 13.2 Å². The molecule has 0 aliphatic heterocycles. The number of carbonyl (C=O) groups excluding carboxylic acids is 1. The Balaban J connectivity index is 2.01. The average molecular weight is 360 g/mol. The lowest BCUT2D eigenvalue weighted by Crippen LogP contribution is -2.33. The van der Waals surface area contributed by atoms with Crippen LogP contribution in [0.2, 0.25) is 0 Å². The van der Waals surface area contributed by atoms with Gasteiger partial charge in [0.05, 0.1) is 11.4 Å². The summed E-state index contributed by atoms with van der Waals surface area (Å²) >= 11 is 0. The lowest BCUT2D eigenvalue weighted by molar-refractivity contribution is -0.115. The molecule has 0 heterocycles. The zero-order chi connectivity index (χ0) is 18.7. The van der Waals surface area contributed by atoms with Crippen LogP contribution in [0.1, 0.15) is 31.9 Å². The van der Waals surface area contributed by atoms with E-state index in [2.05, 4.69) is 30.8 Å². The summed E-state index contributed by atoms with van der Waals surface area (Å²) in [6.45, 7) is 7.73. The van der Waals surface area contributed by atoms with Crippen molar-refractivity contribution in [3.05, 3.63) is 59.7 Å². The van der Waals surface area contributed by atoms with Crippen LogP contribution in [0.15, 0.2) is 53.4 Å². The van der Waals surface area contributed by atoms with E-state index < -0.39 is 15.9 Å². The Labute approximate surface area is 149 Å². The highest BCUT2D eigenvalue weighted by molar-refractivity contribution is 7.89. The van der Waals surface area contributed by atoms with Crippen molar-refractivity contribution in [2.75, 3.05) is 11.9 Å². The first-order valence-electron chi connectivity index (χ1n) is 8.05. The van der Waals surface area contributed by atoms with E-state index in [9.17, 15) is 13.2 Å². The molecule has 0 unspecified atom stereocenters. The highest BCUT2D eigenvalue weighted by Crippen LogP contribution is 2.23. The maximum atomic E-state index is 12.3. The Morgan fingerprint density at radius 1 is 1.00 bits per heavy atom. The Bertz CT molecular complexity index is 851. The minimum atomic E-state index is -3.73. The van der Waals surface area contributed by atoms with Gasteiger partial charge in [0.15, 0.2) is 0 Å². The van der Waals surface area contributed by atoms with E-state index >= 15 is 0 Å². The molecule has 0 aliphatic rings. The Morgan fingerprint density at radius 2 is 1.60 bits per heavy atom. The van der Waals surface area contributed by atoms with Gasteiger partial charge in [-0.3, -0.25) is 4.79 Å². The van der Waals surface area contributed by atoms with Crippen LogP contribution in [0.3, 0.4) is 0 Å². The molecule has 0 saturated heterocycles. The molecule has 0 atom stereocenters. The summed E-state index contributed by atoms with van der Waals surface area (Å²) in [5, 5.41) is 2.70. The molecule has 6 heteroatoms. The molecule has 134 valence electrons. The SMILES string of the molecule is Cc1ccccc1NC(=O)CNS(=O)(=O)c1ccc(C(C)(C)C)cc1. The summed E-state index contributed by atoms with van der Waals surface area (Å²) in [5.74, 6) is -0.413. The number of para-hydroxylation sites is 1. The van der Waals surface area contributed by atoms with Crippen molar-refractivity contribution >= 4 is 21.6 Å². The van der Waals surface area contributed by atoms with E-state index in [4.69, 9.17) is 0 Å². The van der Waals surface area contributed by atoms with Gasteiger partial charge in [0, 0.05) is 5.69 Å². The molecule has 5 nitrogen and oxygen atoms in total. The van der Waals surface area contributed by atoms with Gasteiger partial charge in [-0.05, 0) is 41.7 Å². The molecule has 0 saturated carbocycles. The zero-order valence-corrected chi connectivity index (χ0v) is 15.8. The van der Waals surface area contributed by atoms with Crippen LogP contribution in [0, 0.1) is 6.92 Å². The van der Waals surface area contributed by atoms with Gasteiger partial charge < -0.3 is 5.32 Å². The molecular formula is C19H24N2O3S. The van der Waals surface area contributed by atoms with Crippen molar-refractivity contribution in [1.82, 2.24) is 4.72 Å². The molecule has 0 radical (unpaired) electrons. The third-order valence-electron chi connectivity index (χ3n) is 3.87. The standard InChI is InChI=1S/C19H24N2O3S/c1-14-7-5-6-8-17(14)21-18(22)13-20-25(23,24)16-11-9-15(10-12-16)19(2,3)4/h5-12,20H,13H2,1-4H3,(H,21,22). The number of aryl methyl sites for hydroxylation is 1. The molecule has 0 bridgehead atoms. The van der Waals surface area contributed by atoms with Crippen LogP contribution < -0.4 is 10.0 Å². The van der Waals surface area contributed by atoms with Crippen molar-refractivity contribution in [3.8, 4) is 0 Å². The second-order valence-electron chi connectivity index (χ2n) is 6.96. The largest absolute Gasteiger partial charge is 0.325 e. The second kappa shape index (κ2) is 7.37. The van der Waals surface area contributed by atoms with Crippen molar-refractivity contribution in [1.29, 1.82) is 0 Å². The number of hydrogen-bond donors (Lipinski definition) is 2. The second-order valence-corrected chi connectivity index (χ2v) is 8.73. The maximum absolute atomic E-state index is 12.3. The van der Waals surface area contributed by atoms with Crippen LogP contribution in [-0.4, -0.2) is 20.9 Å². The van der Waals surface area contributed by atoms with Gasteiger partial charge in [-0.1, -0.05) is 51.1 Å². The molecule has 2 aromatic rings. The minimum Gasteiger partial charge on any atom is -0.325 e. The quantitative estimate of drug-likeness (QED) is 0.860. The van der Waals surface area contributed by atoms with E-state index in [1.165, 1.54) is 0 Å². The predicted molar refractivity (Wildman–Crippen MR) is 100 cm³/mol. The first-order valence-corrected chi connectivity index (χ1v) is 9.53. The molecule has 2 rings (SSSR count). The number of anilines is 1. The highest BCUT2D eigenvalue weighted by atomic mass is 32.2. The van der Waals surface area contributed by atoms with E-state index in [-0.39, 0.29) is 16.9 Å². The first kappa shape index (κ1) is 19.1. The number of amides is 1. The summed E-state index contributed by atoms with van der Waals surface area (Å²) in [5.41, 5.74) is 2.57. The predicted octanol–water partition coefficient (Wildman–Crippen LogP) is 3.21. The van der Waals surface area contributed by atoms with Gasteiger partial charge in [-0.2, -0.15) is 0 Å². The fourth-order valence-corrected chi connectivity index (χ4v) is 3.27. The molecule has 0 spiro atoms. The molecule has 1 amide bonds. The van der Waals surface area contributed by atoms with E-state index in [0.29, 0.717) is 5.69 Å². The lowest BCUT2D eigenvalue weighted by Gasteiger charge is -2.19. The third-order valence-corrected chi connectivity index (χ3v) is 5.29. The van der Waals surface area contributed by atoms with E-state index in [0.717, 1.165) is 11.1 Å². The summed E-state index contributed by atoms with van der Waals surface area (Å²) in [4.78, 5) is 12.1. The van der Waals surface area contributed by atoms with Gasteiger partial charge >= 0.3 is 0 Å². The first-order chi connectivity index (χ1) is 11.6. The van der Waals surface area contributed by atoms with Crippen LogP contribution in [0.25, 0.3) is 0 Å². The minimum absolute atomic E-state index is 0.0524. The lowest BCUT2D eigenvalue weighted by atomic mass is 9.87. The number of rotatable bonds is 5. The summed E-state index contributed by atoms with van der Waals surface area (Å²) in [6.07, 6.45) is 0. The summed E-state index contributed by atoms with van der Waals surface area (Å²) in [7, 11) is -3.73. The summed E-state index contributed by atoms with van der Waals surface area (Å²) in [6, 6.07) is 14.0. The van der Waals surface area contributed by atoms with Crippen molar-refractivity contribution in [2.45, 2.75) is 38.0 Å². The van der Waals surface area contributed by atoms with Crippen LogP contribution >= 0.6 is 0 Å². The Hall–Kier alpha value is -2.18. The highest BCUT2D eigenvalue weighted by Gasteiger charge is 2.18. The molecule has 0 aliphatic carbocycles. The van der Waals surface area contributed by atoms with Crippen LogP contribution in [0.5, 0.6) is 0 Å². The fourth-order valence-electron chi connectivity index (χ4n) is 2.29. The van der Waals surface area contributed by atoms with Crippen LogP contribution in [0.4, 0.5) is 5.69 Å². The maximum Gasteiger partial charge on any atom is 0.241 e. The zero-order valence-electron chi connectivity index (χ0n) is 15.0. The normalized spacial score (nSPS) is 12.0. The van der Waals surface area contributed by atoms with E-state index in [1.54, 1.807) is 30.3 Å². The molecule has 0 fully saturated rings. The molecule has 2 N–H and O–H groups in total. The number of hydrogen-bond acceptors (Lipinski definition) is 3. The Kier molecular flexibility index (Phi) is 5.65. The monoisotopic (exact) mass is 360 g/mol. The topological polar surface area (TPSA) is 75.3 Å². The molecule has 0 aromatic heterocycles.